The minimum Gasteiger partial charge on any atom is -0.397 e. The van der Waals surface area contributed by atoms with Crippen molar-refractivity contribution in [3.63, 3.8) is 0 Å². The van der Waals surface area contributed by atoms with Crippen molar-refractivity contribution in [3.05, 3.63) is 59.7 Å². The summed E-state index contributed by atoms with van der Waals surface area (Å²) in [7, 11) is 2.00. The number of hydrogen-bond donors (Lipinski definition) is 0. The minimum absolute atomic E-state index is 0.361. The Balaban J connectivity index is 1.55. The van der Waals surface area contributed by atoms with Gasteiger partial charge in [0.05, 0.1) is 5.56 Å². The average Bonchev–Trinajstić information content (AvgIpc) is 3.04. The molecule has 2 heterocycles. The van der Waals surface area contributed by atoms with E-state index in [0.717, 1.165) is 30.8 Å². The first-order chi connectivity index (χ1) is 10.5. The highest BCUT2D eigenvalue weighted by molar-refractivity contribution is 6.49. The van der Waals surface area contributed by atoms with E-state index in [1.165, 1.54) is 23.4 Å². The normalized spacial score (nSPS) is 19.9. The Morgan fingerprint density at radius 2 is 1.73 bits per heavy atom. The third kappa shape index (κ3) is 2.14. The molecule has 2 aromatic carbocycles. The fraction of sp³-hybridized carbons (Fsp3) is 0.250. The molecule has 0 aliphatic carbocycles. The van der Waals surface area contributed by atoms with Gasteiger partial charge in [-0.05, 0) is 42.3 Å². The number of hydrogen-bond acceptors (Lipinski definition) is 2. The first-order valence-corrected chi connectivity index (χ1v) is 7.17. The predicted octanol–water partition coefficient (Wildman–Crippen LogP) is 3.49. The summed E-state index contributed by atoms with van der Waals surface area (Å²) in [5.41, 5.74) is 2.71. The second kappa shape index (κ2) is 4.70. The maximum atomic E-state index is 12.6. The molecular formula is C16H13BF3N2. The lowest BCUT2D eigenvalue weighted by Gasteiger charge is -2.19. The van der Waals surface area contributed by atoms with Crippen LogP contribution < -0.4 is 9.62 Å². The molecule has 0 spiro atoms. The van der Waals surface area contributed by atoms with Gasteiger partial charge in [0.15, 0.2) is 0 Å². The third-order valence-corrected chi connectivity index (χ3v) is 4.32. The van der Waals surface area contributed by atoms with Crippen LogP contribution in [0.25, 0.3) is 0 Å². The van der Waals surface area contributed by atoms with Crippen LogP contribution in [0.4, 0.5) is 24.5 Å². The Morgan fingerprint density at radius 3 is 2.45 bits per heavy atom. The van der Waals surface area contributed by atoms with E-state index in [0.29, 0.717) is 6.04 Å². The molecule has 2 aliphatic heterocycles. The number of alkyl halides is 3. The van der Waals surface area contributed by atoms with Crippen LogP contribution in [0.1, 0.15) is 11.1 Å². The standard InChI is InChI=1S/C16H13BF3N2/c18-16(19,20)12-5-7-13(8-6-12)21-10-14-9-11-3-1-2-4-15(11)22(14)17-21/h1-8,14H,9-10H2/t14-/m0/s1. The zero-order chi connectivity index (χ0) is 15.3. The summed E-state index contributed by atoms with van der Waals surface area (Å²) in [4.78, 5) is 4.23. The van der Waals surface area contributed by atoms with E-state index >= 15 is 0 Å². The highest BCUT2D eigenvalue weighted by Gasteiger charge is 2.38. The van der Waals surface area contributed by atoms with Crippen molar-refractivity contribution in [3.8, 4) is 0 Å². The molecule has 111 valence electrons. The highest BCUT2D eigenvalue weighted by atomic mass is 19.4. The summed E-state index contributed by atoms with van der Waals surface area (Å²) in [5, 5.41) is 0. The molecule has 0 aromatic heterocycles. The molecule has 0 N–H and O–H groups in total. The summed E-state index contributed by atoms with van der Waals surface area (Å²) in [5.74, 6) is 0. The Kier molecular flexibility index (Phi) is 2.89. The van der Waals surface area contributed by atoms with Gasteiger partial charge in [-0.2, -0.15) is 13.2 Å². The van der Waals surface area contributed by atoms with Gasteiger partial charge in [-0.25, -0.2) is 0 Å². The molecule has 0 saturated carbocycles. The number of halogens is 3. The molecule has 0 amide bonds. The first-order valence-electron chi connectivity index (χ1n) is 7.17. The van der Waals surface area contributed by atoms with Crippen LogP contribution in [0.5, 0.6) is 0 Å². The molecule has 1 fully saturated rings. The van der Waals surface area contributed by atoms with Gasteiger partial charge in [0.25, 0.3) is 0 Å². The van der Waals surface area contributed by atoms with Crippen LogP contribution in [0.3, 0.4) is 0 Å². The van der Waals surface area contributed by atoms with Crippen LogP contribution in [0.2, 0.25) is 0 Å². The molecule has 2 aliphatic rings. The monoisotopic (exact) mass is 301 g/mol. The van der Waals surface area contributed by atoms with Crippen molar-refractivity contribution in [2.75, 3.05) is 16.2 Å². The van der Waals surface area contributed by atoms with Crippen LogP contribution in [-0.4, -0.2) is 20.1 Å². The van der Waals surface area contributed by atoms with Gasteiger partial charge in [0.2, 0.25) is 0 Å². The fourth-order valence-corrected chi connectivity index (χ4v) is 3.23. The lowest BCUT2D eigenvalue weighted by Crippen LogP contribution is -2.30. The Labute approximate surface area is 127 Å². The molecule has 2 aromatic rings. The summed E-state index contributed by atoms with van der Waals surface area (Å²) in [6.45, 7) is 0.792. The van der Waals surface area contributed by atoms with Crippen LogP contribution >= 0.6 is 0 Å². The molecule has 1 saturated heterocycles. The van der Waals surface area contributed by atoms with Crippen molar-refractivity contribution in [2.45, 2.75) is 18.6 Å². The van der Waals surface area contributed by atoms with Crippen molar-refractivity contribution >= 4 is 18.9 Å². The second-order valence-corrected chi connectivity index (χ2v) is 5.71. The molecule has 0 bridgehead atoms. The second-order valence-electron chi connectivity index (χ2n) is 5.71. The number of para-hydroxylation sites is 1. The summed E-state index contributed by atoms with van der Waals surface area (Å²) >= 11 is 0. The molecule has 6 heteroatoms. The van der Waals surface area contributed by atoms with Crippen molar-refractivity contribution in [1.29, 1.82) is 0 Å². The maximum Gasteiger partial charge on any atom is 0.416 e. The van der Waals surface area contributed by atoms with E-state index in [1.807, 2.05) is 24.5 Å². The zero-order valence-electron chi connectivity index (χ0n) is 11.7. The Hall–Kier alpha value is -2.11. The van der Waals surface area contributed by atoms with E-state index in [1.54, 1.807) is 0 Å². The zero-order valence-corrected chi connectivity index (χ0v) is 11.7. The molecule has 2 nitrogen and oxygen atoms in total. The lowest BCUT2D eigenvalue weighted by atomic mass is 10.0. The van der Waals surface area contributed by atoms with E-state index < -0.39 is 11.7 Å². The van der Waals surface area contributed by atoms with E-state index in [2.05, 4.69) is 16.9 Å². The molecular weight excluding hydrogens is 288 g/mol. The quantitative estimate of drug-likeness (QED) is 0.744. The van der Waals surface area contributed by atoms with E-state index in [-0.39, 0.29) is 0 Å². The van der Waals surface area contributed by atoms with Crippen molar-refractivity contribution in [1.82, 2.24) is 0 Å². The average molecular weight is 301 g/mol. The van der Waals surface area contributed by atoms with Gasteiger partial charge >= 0.3 is 13.7 Å². The third-order valence-electron chi connectivity index (χ3n) is 4.32. The SMILES string of the molecule is FC(F)(F)c1ccc(N2[B]N3c4ccccc4C[C@H]3C2)cc1. The lowest BCUT2D eigenvalue weighted by molar-refractivity contribution is -0.137. The number of nitrogens with zero attached hydrogens (tertiary/aromatic N) is 2. The van der Waals surface area contributed by atoms with Crippen LogP contribution in [-0.2, 0) is 12.6 Å². The number of benzene rings is 2. The smallest absolute Gasteiger partial charge is 0.397 e. The molecule has 4 rings (SSSR count). The summed E-state index contributed by atoms with van der Waals surface area (Å²) in [6.07, 6.45) is -3.31. The summed E-state index contributed by atoms with van der Waals surface area (Å²) in [6, 6.07) is 14.0. The van der Waals surface area contributed by atoms with Crippen LogP contribution in [0, 0.1) is 0 Å². The highest BCUT2D eigenvalue weighted by Crippen LogP contribution is 2.37. The topological polar surface area (TPSA) is 6.48 Å². The molecule has 1 atom stereocenters. The largest absolute Gasteiger partial charge is 0.416 e. The maximum absolute atomic E-state index is 12.6. The number of rotatable bonds is 1. The van der Waals surface area contributed by atoms with Gasteiger partial charge in [-0.3, -0.25) is 0 Å². The van der Waals surface area contributed by atoms with Gasteiger partial charge < -0.3 is 9.62 Å². The first kappa shape index (κ1) is 13.6. The Morgan fingerprint density at radius 1 is 1.00 bits per heavy atom. The predicted molar refractivity (Wildman–Crippen MR) is 81.0 cm³/mol. The van der Waals surface area contributed by atoms with Crippen LogP contribution in [0.15, 0.2) is 48.5 Å². The minimum atomic E-state index is -4.29. The van der Waals surface area contributed by atoms with Crippen molar-refractivity contribution < 1.29 is 13.2 Å². The Bertz CT molecular complexity index is 699. The van der Waals surface area contributed by atoms with E-state index in [9.17, 15) is 13.2 Å². The number of fused-ring (bicyclic) bond motifs is 3. The molecule has 22 heavy (non-hydrogen) atoms. The summed E-state index contributed by atoms with van der Waals surface area (Å²) < 4.78 is 37.9. The van der Waals surface area contributed by atoms with Gasteiger partial charge in [0, 0.05) is 24.0 Å². The van der Waals surface area contributed by atoms with Gasteiger partial charge in [-0.15, -0.1) is 0 Å². The molecule has 1 radical (unpaired) electrons. The van der Waals surface area contributed by atoms with Gasteiger partial charge in [0.1, 0.15) is 0 Å². The van der Waals surface area contributed by atoms with Gasteiger partial charge in [-0.1, -0.05) is 18.2 Å². The van der Waals surface area contributed by atoms with Crippen molar-refractivity contribution in [2.24, 2.45) is 0 Å². The number of anilines is 2. The molecule has 0 unspecified atom stereocenters. The fourth-order valence-electron chi connectivity index (χ4n) is 3.23. The van der Waals surface area contributed by atoms with E-state index in [4.69, 9.17) is 0 Å².